The van der Waals surface area contributed by atoms with Gasteiger partial charge >= 0.3 is 12.0 Å². The molecule has 0 unspecified atom stereocenters. The van der Waals surface area contributed by atoms with Crippen LogP contribution in [0.2, 0.25) is 0 Å². The van der Waals surface area contributed by atoms with Gasteiger partial charge in [0.25, 0.3) is 0 Å². The maximum Gasteiger partial charge on any atom is 0.326 e. The van der Waals surface area contributed by atoms with Gasteiger partial charge in [-0.3, -0.25) is 0 Å². The molecule has 112 valence electrons. The third-order valence-corrected chi connectivity index (χ3v) is 3.76. The lowest BCUT2D eigenvalue weighted by molar-refractivity contribution is -0.139. The lowest BCUT2D eigenvalue weighted by atomic mass is 10.1. The first-order valence-corrected chi connectivity index (χ1v) is 7.18. The summed E-state index contributed by atoms with van der Waals surface area (Å²) < 4.78 is 0. The number of nitrogens with one attached hydrogen (secondary N) is 2. The minimum atomic E-state index is -1.08. The molecule has 1 atom stereocenters. The molecule has 2 heterocycles. The molecule has 0 saturated carbocycles. The van der Waals surface area contributed by atoms with Gasteiger partial charge in [-0.2, -0.15) is 0 Å². The first-order chi connectivity index (χ1) is 10.1. The van der Waals surface area contributed by atoms with Gasteiger partial charge in [0.2, 0.25) is 0 Å². The standard InChI is InChI=1S/C13H16N4O3S/c1-17(7-10-3-2-4-21-10)13(20)16-11(12(18)19)5-9-6-14-8-15-9/h2-4,6,8,11H,5,7H2,1H3,(H,14,15)(H,16,20)(H,18,19)/t11-/m1/s1. The smallest absolute Gasteiger partial charge is 0.326 e. The minimum Gasteiger partial charge on any atom is -0.480 e. The number of aliphatic carboxylic acids is 1. The summed E-state index contributed by atoms with van der Waals surface area (Å²) in [6.45, 7) is 0.444. The number of hydrogen-bond acceptors (Lipinski definition) is 4. The molecule has 21 heavy (non-hydrogen) atoms. The van der Waals surface area contributed by atoms with Gasteiger partial charge in [-0.1, -0.05) is 6.07 Å². The molecule has 0 aromatic carbocycles. The second-order valence-corrected chi connectivity index (χ2v) is 5.59. The van der Waals surface area contributed by atoms with Crippen molar-refractivity contribution in [3.05, 3.63) is 40.6 Å². The number of amides is 2. The Morgan fingerprint density at radius 3 is 2.95 bits per heavy atom. The molecule has 8 heteroatoms. The first-order valence-electron chi connectivity index (χ1n) is 6.30. The highest BCUT2D eigenvalue weighted by Gasteiger charge is 2.22. The first kappa shape index (κ1) is 15.0. The third kappa shape index (κ3) is 4.32. The summed E-state index contributed by atoms with van der Waals surface area (Å²) in [6, 6.07) is 2.41. The number of thiophene rings is 1. The van der Waals surface area contributed by atoms with Crippen molar-refractivity contribution in [2.24, 2.45) is 0 Å². The third-order valence-electron chi connectivity index (χ3n) is 2.89. The fourth-order valence-electron chi connectivity index (χ4n) is 1.78. The Hall–Kier alpha value is -2.35. The number of urea groups is 1. The van der Waals surface area contributed by atoms with E-state index < -0.39 is 18.0 Å². The molecule has 2 aromatic heterocycles. The van der Waals surface area contributed by atoms with E-state index >= 15 is 0 Å². The van der Waals surface area contributed by atoms with Gasteiger partial charge in [0, 0.05) is 30.2 Å². The van der Waals surface area contributed by atoms with Crippen LogP contribution in [0, 0.1) is 0 Å². The number of H-pyrrole nitrogens is 1. The molecule has 0 aliphatic carbocycles. The van der Waals surface area contributed by atoms with Gasteiger partial charge in [0.05, 0.1) is 12.9 Å². The molecule has 3 N–H and O–H groups in total. The van der Waals surface area contributed by atoms with Crippen molar-refractivity contribution < 1.29 is 14.7 Å². The van der Waals surface area contributed by atoms with Crippen LogP contribution in [0.4, 0.5) is 4.79 Å². The van der Waals surface area contributed by atoms with Gasteiger partial charge in [0.15, 0.2) is 0 Å². The van der Waals surface area contributed by atoms with E-state index in [0.29, 0.717) is 12.2 Å². The minimum absolute atomic E-state index is 0.161. The van der Waals surface area contributed by atoms with Crippen LogP contribution in [0.3, 0.4) is 0 Å². The Bertz CT molecular complexity index is 583. The number of nitrogens with zero attached hydrogens (tertiary/aromatic N) is 2. The fourth-order valence-corrected chi connectivity index (χ4v) is 2.54. The highest BCUT2D eigenvalue weighted by Crippen LogP contribution is 2.11. The number of aromatic amines is 1. The molecule has 2 amide bonds. The van der Waals surface area contributed by atoms with Crippen molar-refractivity contribution in [1.82, 2.24) is 20.2 Å². The van der Waals surface area contributed by atoms with E-state index in [1.807, 2.05) is 17.5 Å². The zero-order valence-corrected chi connectivity index (χ0v) is 12.3. The Kier molecular flexibility index (Phi) is 4.94. The Morgan fingerprint density at radius 2 is 2.38 bits per heavy atom. The van der Waals surface area contributed by atoms with Crippen molar-refractivity contribution in [2.45, 2.75) is 19.0 Å². The van der Waals surface area contributed by atoms with Crippen LogP contribution in [-0.4, -0.2) is 45.1 Å². The monoisotopic (exact) mass is 308 g/mol. The van der Waals surface area contributed by atoms with Crippen LogP contribution in [0.25, 0.3) is 0 Å². The lowest BCUT2D eigenvalue weighted by Crippen LogP contribution is -2.47. The van der Waals surface area contributed by atoms with E-state index in [1.165, 1.54) is 17.4 Å². The summed E-state index contributed by atoms with van der Waals surface area (Å²) in [5.41, 5.74) is 0.656. The number of carbonyl (C=O) groups is 2. The van der Waals surface area contributed by atoms with Crippen LogP contribution in [0.1, 0.15) is 10.6 Å². The van der Waals surface area contributed by atoms with Crippen molar-refractivity contribution >= 4 is 23.3 Å². The van der Waals surface area contributed by atoms with Crippen LogP contribution >= 0.6 is 11.3 Å². The molecular formula is C13H16N4O3S. The molecule has 0 radical (unpaired) electrons. The normalized spacial score (nSPS) is 11.9. The maximum atomic E-state index is 12.0. The fraction of sp³-hybridized carbons (Fsp3) is 0.308. The largest absolute Gasteiger partial charge is 0.480 e. The van der Waals surface area contributed by atoms with Crippen molar-refractivity contribution in [1.29, 1.82) is 0 Å². The highest BCUT2D eigenvalue weighted by atomic mass is 32.1. The van der Waals surface area contributed by atoms with Crippen molar-refractivity contribution in [3.63, 3.8) is 0 Å². The SMILES string of the molecule is CN(Cc1cccs1)C(=O)N[C@H](Cc1cnc[nH]1)C(=O)O. The quantitative estimate of drug-likeness (QED) is 0.749. The van der Waals surface area contributed by atoms with E-state index in [2.05, 4.69) is 15.3 Å². The van der Waals surface area contributed by atoms with Crippen LogP contribution < -0.4 is 5.32 Å². The molecule has 7 nitrogen and oxygen atoms in total. The number of imidazole rings is 1. The molecule has 0 saturated heterocycles. The van der Waals surface area contributed by atoms with Gasteiger partial charge in [-0.25, -0.2) is 14.6 Å². The summed E-state index contributed by atoms with van der Waals surface area (Å²) in [5.74, 6) is -1.08. The zero-order valence-electron chi connectivity index (χ0n) is 11.4. The molecular weight excluding hydrogens is 292 g/mol. The molecule has 0 spiro atoms. The van der Waals surface area contributed by atoms with E-state index in [4.69, 9.17) is 0 Å². The van der Waals surface area contributed by atoms with Crippen molar-refractivity contribution in [3.8, 4) is 0 Å². The highest BCUT2D eigenvalue weighted by molar-refractivity contribution is 7.09. The van der Waals surface area contributed by atoms with E-state index in [9.17, 15) is 14.7 Å². The predicted octanol–water partition coefficient (Wildman–Crippen LogP) is 1.31. The van der Waals surface area contributed by atoms with Gasteiger partial charge in [-0.05, 0) is 11.4 Å². The Labute approximate surface area is 125 Å². The van der Waals surface area contributed by atoms with Crippen LogP contribution in [0.5, 0.6) is 0 Å². The number of aromatic nitrogens is 2. The molecule has 2 rings (SSSR count). The summed E-state index contributed by atoms with van der Waals surface area (Å²) in [4.78, 5) is 32.4. The lowest BCUT2D eigenvalue weighted by Gasteiger charge is -2.20. The van der Waals surface area contributed by atoms with Crippen LogP contribution in [0.15, 0.2) is 30.0 Å². The Balaban J connectivity index is 1.92. The van der Waals surface area contributed by atoms with Gasteiger partial charge < -0.3 is 20.3 Å². The molecule has 0 aliphatic rings. The van der Waals surface area contributed by atoms with E-state index in [-0.39, 0.29) is 6.42 Å². The predicted molar refractivity (Wildman–Crippen MR) is 78.0 cm³/mol. The molecule has 2 aromatic rings. The number of carbonyl (C=O) groups excluding carboxylic acids is 1. The molecule has 0 fully saturated rings. The number of carboxylic acid groups (broad SMARTS) is 1. The topological polar surface area (TPSA) is 98.3 Å². The van der Waals surface area contributed by atoms with Gasteiger partial charge in [-0.15, -0.1) is 11.3 Å². The Morgan fingerprint density at radius 1 is 1.57 bits per heavy atom. The number of rotatable bonds is 6. The maximum absolute atomic E-state index is 12.0. The summed E-state index contributed by atoms with van der Waals surface area (Å²) in [6.07, 6.45) is 3.17. The molecule has 0 bridgehead atoms. The summed E-state index contributed by atoms with van der Waals surface area (Å²) in [7, 11) is 1.63. The summed E-state index contributed by atoms with van der Waals surface area (Å²) >= 11 is 1.55. The molecule has 0 aliphatic heterocycles. The van der Waals surface area contributed by atoms with Crippen LogP contribution in [-0.2, 0) is 17.8 Å². The second-order valence-electron chi connectivity index (χ2n) is 4.56. The van der Waals surface area contributed by atoms with Crippen molar-refractivity contribution in [2.75, 3.05) is 7.05 Å². The number of hydrogen-bond donors (Lipinski definition) is 3. The van der Waals surface area contributed by atoms with Gasteiger partial charge in [0.1, 0.15) is 6.04 Å². The second kappa shape index (κ2) is 6.89. The van der Waals surface area contributed by atoms with E-state index in [1.54, 1.807) is 18.4 Å². The number of carboxylic acids is 1. The van der Waals surface area contributed by atoms with E-state index in [0.717, 1.165) is 4.88 Å². The summed E-state index contributed by atoms with van der Waals surface area (Å²) in [5, 5.41) is 13.6. The zero-order chi connectivity index (χ0) is 15.2. The average molecular weight is 308 g/mol. The average Bonchev–Trinajstić information content (AvgIpc) is 3.10.